The molecular weight excluding hydrogens is 394 g/mol. The van der Waals surface area contributed by atoms with Gasteiger partial charge in [-0.2, -0.15) is 15.3 Å². The highest BCUT2D eigenvalue weighted by atomic mass is 16.5. The molecule has 1 aliphatic heterocycles. The summed E-state index contributed by atoms with van der Waals surface area (Å²) in [4.78, 5) is 13.2. The highest BCUT2D eigenvalue weighted by Gasteiger charge is 2.16. The molecule has 0 aliphatic carbocycles. The van der Waals surface area contributed by atoms with Crippen LogP contribution in [-0.2, 0) is 7.05 Å². The molecule has 0 atom stereocenters. The Bertz CT molecular complexity index is 1080. The van der Waals surface area contributed by atoms with Crippen molar-refractivity contribution in [3.05, 3.63) is 36.5 Å². The van der Waals surface area contributed by atoms with E-state index in [0.29, 0.717) is 35.7 Å². The lowest BCUT2D eigenvalue weighted by Crippen LogP contribution is -2.30. The van der Waals surface area contributed by atoms with E-state index in [1.54, 1.807) is 29.3 Å². The van der Waals surface area contributed by atoms with Crippen LogP contribution >= 0.6 is 0 Å². The average molecular weight is 419 g/mol. The van der Waals surface area contributed by atoms with Gasteiger partial charge in [-0.1, -0.05) is 0 Å². The summed E-state index contributed by atoms with van der Waals surface area (Å²) in [6.07, 6.45) is 9.12. The first-order valence-electron chi connectivity index (χ1n) is 10.2. The maximum atomic E-state index is 9.38. The summed E-state index contributed by atoms with van der Waals surface area (Å²) in [6, 6.07) is 3.86. The zero-order valence-electron chi connectivity index (χ0n) is 17.6. The van der Waals surface area contributed by atoms with Gasteiger partial charge in [-0.25, -0.2) is 9.97 Å². The maximum absolute atomic E-state index is 9.38. The van der Waals surface area contributed by atoms with Crippen LogP contribution in [0.1, 0.15) is 18.5 Å². The second-order valence-corrected chi connectivity index (χ2v) is 7.42. The fourth-order valence-electron chi connectivity index (χ4n) is 3.50. The van der Waals surface area contributed by atoms with Crippen LogP contribution in [0.15, 0.2) is 30.9 Å². The smallest absolute Gasteiger partial charge is 0.229 e. The van der Waals surface area contributed by atoms with Crippen molar-refractivity contribution in [1.82, 2.24) is 30.0 Å². The fraction of sp³-hybridized carbons (Fsp3) is 0.381. The first-order chi connectivity index (χ1) is 15.2. The molecule has 4 heterocycles. The van der Waals surface area contributed by atoms with Gasteiger partial charge in [0, 0.05) is 43.7 Å². The normalized spacial score (nSPS) is 14.1. The van der Waals surface area contributed by atoms with Gasteiger partial charge in [0.2, 0.25) is 5.95 Å². The van der Waals surface area contributed by atoms with Crippen LogP contribution in [0.25, 0.3) is 11.1 Å². The van der Waals surface area contributed by atoms with Crippen molar-refractivity contribution >= 4 is 17.5 Å². The largest absolute Gasteiger partial charge is 0.490 e. The van der Waals surface area contributed by atoms with Crippen molar-refractivity contribution < 1.29 is 4.74 Å². The lowest BCUT2D eigenvalue weighted by molar-refractivity contribution is 0.214. The van der Waals surface area contributed by atoms with E-state index in [9.17, 15) is 5.26 Å². The van der Waals surface area contributed by atoms with E-state index in [-0.39, 0.29) is 5.69 Å². The van der Waals surface area contributed by atoms with Gasteiger partial charge in [0.25, 0.3) is 0 Å². The number of nitrogens with one attached hydrogen (secondary N) is 3. The highest BCUT2D eigenvalue weighted by Crippen LogP contribution is 2.28. The Balaban J connectivity index is 1.51. The molecule has 1 saturated heterocycles. The lowest BCUT2D eigenvalue weighted by atomic mass is 9.99. The molecule has 0 radical (unpaired) electrons. The Kier molecular flexibility index (Phi) is 6.24. The van der Waals surface area contributed by atoms with E-state index >= 15 is 0 Å². The number of anilines is 3. The number of hydrogen-bond donors (Lipinski definition) is 3. The molecular formula is C21H25N9O. The van der Waals surface area contributed by atoms with Gasteiger partial charge >= 0.3 is 0 Å². The number of pyridine rings is 1. The van der Waals surface area contributed by atoms with Gasteiger partial charge in [-0.15, -0.1) is 0 Å². The second-order valence-electron chi connectivity index (χ2n) is 7.42. The average Bonchev–Trinajstić information content (AvgIpc) is 3.24. The summed E-state index contributed by atoms with van der Waals surface area (Å²) in [5, 5.41) is 23.2. The quantitative estimate of drug-likeness (QED) is 0.529. The number of nitrogens with zero attached hydrogens (tertiary/aromatic N) is 6. The van der Waals surface area contributed by atoms with E-state index in [1.165, 1.54) is 0 Å². The SMILES string of the molecule is CNc1nc(Nc2cnc(C#N)c(OCC3CCNCC3)c2)ncc1-c1cnn(C)c1. The van der Waals surface area contributed by atoms with Crippen molar-refractivity contribution in [1.29, 1.82) is 5.26 Å². The molecule has 0 saturated carbocycles. The van der Waals surface area contributed by atoms with E-state index < -0.39 is 0 Å². The van der Waals surface area contributed by atoms with Gasteiger partial charge < -0.3 is 20.7 Å². The van der Waals surface area contributed by atoms with E-state index in [1.807, 2.05) is 20.3 Å². The van der Waals surface area contributed by atoms with Crippen molar-refractivity contribution in [3.8, 4) is 22.9 Å². The molecule has 1 aliphatic rings. The Labute approximate surface area is 180 Å². The zero-order chi connectivity index (χ0) is 21.6. The molecule has 10 nitrogen and oxygen atoms in total. The first-order valence-corrected chi connectivity index (χ1v) is 10.2. The maximum Gasteiger partial charge on any atom is 0.229 e. The molecule has 4 rings (SSSR count). The summed E-state index contributed by atoms with van der Waals surface area (Å²) >= 11 is 0. The Morgan fingerprint density at radius 2 is 2.10 bits per heavy atom. The minimum atomic E-state index is 0.267. The number of piperidine rings is 1. The molecule has 10 heteroatoms. The van der Waals surface area contributed by atoms with Gasteiger partial charge in [0.15, 0.2) is 11.4 Å². The molecule has 1 fully saturated rings. The summed E-state index contributed by atoms with van der Waals surface area (Å²) in [5.41, 5.74) is 2.69. The summed E-state index contributed by atoms with van der Waals surface area (Å²) in [6.45, 7) is 2.57. The van der Waals surface area contributed by atoms with Crippen molar-refractivity contribution in [2.24, 2.45) is 13.0 Å². The molecule has 0 bridgehead atoms. The van der Waals surface area contributed by atoms with Gasteiger partial charge in [0.1, 0.15) is 11.9 Å². The summed E-state index contributed by atoms with van der Waals surface area (Å²) in [7, 11) is 3.67. The second kappa shape index (κ2) is 9.40. The number of ether oxygens (including phenoxy) is 1. The molecule has 0 amide bonds. The monoisotopic (exact) mass is 419 g/mol. The minimum Gasteiger partial charge on any atom is -0.490 e. The predicted molar refractivity (Wildman–Crippen MR) is 117 cm³/mol. The van der Waals surface area contributed by atoms with Crippen molar-refractivity contribution in [2.45, 2.75) is 12.8 Å². The van der Waals surface area contributed by atoms with Crippen molar-refractivity contribution in [2.75, 3.05) is 37.4 Å². The Morgan fingerprint density at radius 1 is 1.26 bits per heavy atom. The lowest BCUT2D eigenvalue weighted by Gasteiger charge is -2.22. The topological polar surface area (TPSA) is 126 Å². The number of aromatic nitrogens is 5. The number of hydrogen-bond acceptors (Lipinski definition) is 9. The molecule has 160 valence electrons. The van der Waals surface area contributed by atoms with E-state index in [0.717, 1.165) is 37.1 Å². The van der Waals surface area contributed by atoms with Crippen molar-refractivity contribution in [3.63, 3.8) is 0 Å². The molecule has 3 N–H and O–H groups in total. The van der Waals surface area contributed by atoms with E-state index in [2.05, 4.69) is 42.1 Å². The summed E-state index contributed by atoms with van der Waals surface area (Å²) < 4.78 is 7.69. The molecule has 3 aromatic rings. The number of nitriles is 1. The standard InChI is InChI=1S/C21H25N9O/c1-23-20-17(15-9-27-30(2)12-15)11-26-21(29-20)28-16-7-19(18(8-22)25-10-16)31-13-14-3-5-24-6-4-14/h7,9-12,14,24H,3-6,13H2,1-2H3,(H2,23,26,28,29). The Hall–Kier alpha value is -3.71. The zero-order valence-corrected chi connectivity index (χ0v) is 17.6. The van der Waals surface area contributed by atoms with Crippen LogP contribution in [0.2, 0.25) is 0 Å². The van der Waals surface area contributed by atoms with Crippen LogP contribution in [0.5, 0.6) is 5.75 Å². The summed E-state index contributed by atoms with van der Waals surface area (Å²) in [5.74, 6) is 2.03. The highest BCUT2D eigenvalue weighted by molar-refractivity contribution is 5.74. The molecule has 31 heavy (non-hydrogen) atoms. The number of rotatable bonds is 7. The number of aryl methyl sites for hydroxylation is 1. The van der Waals surface area contributed by atoms with Crippen LogP contribution in [0.4, 0.5) is 17.5 Å². The van der Waals surface area contributed by atoms with Gasteiger partial charge in [0.05, 0.1) is 24.7 Å². The predicted octanol–water partition coefficient (Wildman–Crippen LogP) is 2.31. The molecule has 0 unspecified atom stereocenters. The first kappa shape index (κ1) is 20.6. The molecule has 0 aromatic carbocycles. The van der Waals surface area contributed by atoms with Crippen LogP contribution in [0, 0.1) is 17.2 Å². The van der Waals surface area contributed by atoms with Crippen LogP contribution in [-0.4, -0.2) is 51.5 Å². The van der Waals surface area contributed by atoms with Gasteiger partial charge in [-0.05, 0) is 31.8 Å². The van der Waals surface area contributed by atoms with Crippen LogP contribution in [0.3, 0.4) is 0 Å². The Morgan fingerprint density at radius 3 is 2.81 bits per heavy atom. The minimum absolute atomic E-state index is 0.267. The van der Waals surface area contributed by atoms with Gasteiger partial charge in [-0.3, -0.25) is 4.68 Å². The third-order valence-electron chi connectivity index (χ3n) is 5.19. The van der Waals surface area contributed by atoms with Crippen LogP contribution < -0.4 is 20.7 Å². The molecule has 3 aromatic heterocycles. The third kappa shape index (κ3) is 4.90. The molecule has 0 spiro atoms. The fourth-order valence-corrected chi connectivity index (χ4v) is 3.50. The third-order valence-corrected chi connectivity index (χ3v) is 5.19. The van der Waals surface area contributed by atoms with E-state index in [4.69, 9.17) is 4.74 Å².